The number of aromatic nitrogens is 1. The van der Waals surface area contributed by atoms with Crippen LogP contribution in [-0.4, -0.2) is 12.0 Å². The monoisotopic (exact) mass is 344 g/mol. The van der Waals surface area contributed by atoms with Gasteiger partial charge in [-0.15, -0.1) is 0 Å². The molecule has 110 valence electrons. The first kappa shape index (κ1) is 14.7. The van der Waals surface area contributed by atoms with E-state index in [0.29, 0.717) is 12.0 Å². The van der Waals surface area contributed by atoms with E-state index in [2.05, 4.69) is 65.5 Å². The standard InChI is InChI=1S/C18H21BrN2/c1-12-11-14(19)8-9-15(12)18(20-2)16-7-3-5-13-6-4-10-21-17(13)16/h4,6,8-11,16,18,20H,3,5,7H2,1-2H3. The summed E-state index contributed by atoms with van der Waals surface area (Å²) in [6.07, 6.45) is 5.54. The van der Waals surface area contributed by atoms with Crippen molar-refractivity contribution in [2.75, 3.05) is 7.05 Å². The molecule has 21 heavy (non-hydrogen) atoms. The van der Waals surface area contributed by atoms with Crippen LogP contribution in [0.15, 0.2) is 41.0 Å². The molecule has 2 unspecified atom stereocenters. The average Bonchev–Trinajstić information content (AvgIpc) is 2.50. The molecule has 1 aliphatic carbocycles. The molecule has 3 heteroatoms. The maximum atomic E-state index is 4.69. The Kier molecular flexibility index (Phi) is 4.41. The lowest BCUT2D eigenvalue weighted by Crippen LogP contribution is -2.28. The number of nitrogens with one attached hydrogen (secondary N) is 1. The van der Waals surface area contributed by atoms with Crippen molar-refractivity contribution in [3.63, 3.8) is 0 Å². The van der Waals surface area contributed by atoms with Crippen LogP contribution in [0.3, 0.4) is 0 Å². The smallest absolute Gasteiger partial charge is 0.0485 e. The number of halogens is 1. The second-order valence-corrected chi connectivity index (χ2v) is 6.73. The molecule has 2 aromatic rings. The lowest BCUT2D eigenvalue weighted by atomic mass is 9.79. The van der Waals surface area contributed by atoms with Crippen LogP contribution in [0, 0.1) is 6.92 Å². The first-order valence-corrected chi connectivity index (χ1v) is 8.37. The number of benzene rings is 1. The third kappa shape index (κ3) is 2.90. The Balaban J connectivity index is 2.01. The van der Waals surface area contributed by atoms with E-state index in [9.17, 15) is 0 Å². The van der Waals surface area contributed by atoms with Crippen molar-refractivity contribution in [2.24, 2.45) is 0 Å². The second kappa shape index (κ2) is 6.29. The maximum absolute atomic E-state index is 4.69. The molecule has 0 spiro atoms. The molecule has 0 fully saturated rings. The topological polar surface area (TPSA) is 24.9 Å². The van der Waals surface area contributed by atoms with Crippen LogP contribution < -0.4 is 5.32 Å². The Bertz CT molecular complexity index is 639. The number of rotatable bonds is 3. The average molecular weight is 345 g/mol. The highest BCUT2D eigenvalue weighted by molar-refractivity contribution is 9.10. The molecule has 1 aliphatic rings. The molecule has 1 N–H and O–H groups in total. The Morgan fingerprint density at radius 1 is 1.33 bits per heavy atom. The Hall–Kier alpha value is -1.19. The first-order chi connectivity index (χ1) is 10.2. The summed E-state index contributed by atoms with van der Waals surface area (Å²) >= 11 is 3.56. The largest absolute Gasteiger partial charge is 0.312 e. The molecule has 0 aliphatic heterocycles. The van der Waals surface area contributed by atoms with E-state index in [1.54, 1.807) is 0 Å². The molecule has 2 atom stereocenters. The van der Waals surface area contributed by atoms with Crippen molar-refractivity contribution in [3.05, 3.63) is 63.4 Å². The number of hydrogen-bond donors (Lipinski definition) is 1. The van der Waals surface area contributed by atoms with Crippen molar-refractivity contribution in [1.29, 1.82) is 0 Å². The number of aryl methyl sites for hydroxylation is 2. The summed E-state index contributed by atoms with van der Waals surface area (Å²) in [4.78, 5) is 4.69. The summed E-state index contributed by atoms with van der Waals surface area (Å²) in [6, 6.07) is 11.2. The molecule has 1 heterocycles. The molecule has 3 rings (SSSR count). The summed E-state index contributed by atoms with van der Waals surface area (Å²) in [5, 5.41) is 3.53. The van der Waals surface area contributed by atoms with E-state index < -0.39 is 0 Å². The van der Waals surface area contributed by atoms with Crippen LogP contribution in [0.4, 0.5) is 0 Å². The highest BCUT2D eigenvalue weighted by atomic mass is 79.9. The van der Waals surface area contributed by atoms with Crippen molar-refractivity contribution < 1.29 is 0 Å². The fraction of sp³-hybridized carbons (Fsp3) is 0.389. The van der Waals surface area contributed by atoms with Gasteiger partial charge in [-0.05, 0) is 68.1 Å². The number of fused-ring (bicyclic) bond motifs is 1. The van der Waals surface area contributed by atoms with Gasteiger partial charge in [0, 0.05) is 28.3 Å². The van der Waals surface area contributed by atoms with Gasteiger partial charge in [-0.3, -0.25) is 4.98 Å². The molecule has 0 bridgehead atoms. The number of hydrogen-bond acceptors (Lipinski definition) is 2. The fourth-order valence-electron chi connectivity index (χ4n) is 3.53. The van der Waals surface area contributed by atoms with E-state index in [1.165, 1.54) is 35.2 Å². The maximum Gasteiger partial charge on any atom is 0.0485 e. The van der Waals surface area contributed by atoms with Crippen LogP contribution in [0.2, 0.25) is 0 Å². The number of nitrogens with zero attached hydrogens (tertiary/aromatic N) is 1. The minimum absolute atomic E-state index is 0.326. The van der Waals surface area contributed by atoms with Crippen LogP contribution in [0.25, 0.3) is 0 Å². The van der Waals surface area contributed by atoms with Gasteiger partial charge in [-0.2, -0.15) is 0 Å². The molecule has 0 amide bonds. The van der Waals surface area contributed by atoms with Crippen LogP contribution in [0.5, 0.6) is 0 Å². The van der Waals surface area contributed by atoms with E-state index in [0.717, 1.165) is 10.9 Å². The molecule has 1 aromatic heterocycles. The molecular weight excluding hydrogens is 324 g/mol. The predicted molar refractivity (Wildman–Crippen MR) is 90.6 cm³/mol. The van der Waals surface area contributed by atoms with Crippen LogP contribution in [-0.2, 0) is 6.42 Å². The lowest BCUT2D eigenvalue weighted by Gasteiger charge is -2.32. The minimum atomic E-state index is 0.326. The van der Waals surface area contributed by atoms with E-state index >= 15 is 0 Å². The third-order valence-corrected chi connectivity index (χ3v) is 5.01. The Labute approximate surface area is 135 Å². The molecule has 0 radical (unpaired) electrons. The highest BCUT2D eigenvalue weighted by Gasteiger charge is 2.29. The minimum Gasteiger partial charge on any atom is -0.312 e. The first-order valence-electron chi connectivity index (χ1n) is 7.58. The Morgan fingerprint density at radius 3 is 2.95 bits per heavy atom. The van der Waals surface area contributed by atoms with Gasteiger partial charge in [0.1, 0.15) is 0 Å². The normalized spacial score (nSPS) is 19.1. The summed E-state index contributed by atoms with van der Waals surface area (Å²) < 4.78 is 1.14. The summed E-state index contributed by atoms with van der Waals surface area (Å²) in [5.41, 5.74) is 5.41. The highest BCUT2D eigenvalue weighted by Crippen LogP contribution is 2.40. The molecule has 2 nitrogen and oxygen atoms in total. The third-order valence-electron chi connectivity index (χ3n) is 4.52. The van der Waals surface area contributed by atoms with Crippen LogP contribution >= 0.6 is 15.9 Å². The SMILES string of the molecule is CNC(c1ccc(Br)cc1C)C1CCCc2cccnc21. The van der Waals surface area contributed by atoms with Gasteiger partial charge >= 0.3 is 0 Å². The lowest BCUT2D eigenvalue weighted by molar-refractivity contribution is 0.414. The molecule has 1 aromatic carbocycles. The molecular formula is C18H21BrN2. The molecule has 0 saturated heterocycles. The van der Waals surface area contributed by atoms with Crippen molar-refractivity contribution >= 4 is 15.9 Å². The number of pyridine rings is 1. The van der Waals surface area contributed by atoms with E-state index in [-0.39, 0.29) is 0 Å². The van der Waals surface area contributed by atoms with Gasteiger partial charge in [0.25, 0.3) is 0 Å². The Morgan fingerprint density at radius 2 is 2.19 bits per heavy atom. The van der Waals surface area contributed by atoms with Gasteiger partial charge in [-0.1, -0.05) is 28.1 Å². The van der Waals surface area contributed by atoms with E-state index in [4.69, 9.17) is 4.98 Å². The zero-order valence-electron chi connectivity index (χ0n) is 12.6. The van der Waals surface area contributed by atoms with Crippen molar-refractivity contribution in [2.45, 2.75) is 38.1 Å². The molecule has 0 saturated carbocycles. The predicted octanol–water partition coefficient (Wildman–Crippen LogP) is 4.53. The summed E-state index contributed by atoms with van der Waals surface area (Å²) in [7, 11) is 2.06. The van der Waals surface area contributed by atoms with E-state index in [1.807, 2.05) is 6.20 Å². The second-order valence-electron chi connectivity index (χ2n) is 5.81. The van der Waals surface area contributed by atoms with Gasteiger partial charge < -0.3 is 5.32 Å². The fourth-order valence-corrected chi connectivity index (χ4v) is 4.01. The number of likely N-dealkylation sites (N-methyl/N-ethyl adjacent to an activating group) is 1. The quantitative estimate of drug-likeness (QED) is 0.884. The van der Waals surface area contributed by atoms with Crippen molar-refractivity contribution in [3.8, 4) is 0 Å². The summed E-state index contributed by atoms with van der Waals surface area (Å²) in [5.74, 6) is 0.458. The van der Waals surface area contributed by atoms with Gasteiger partial charge in [-0.25, -0.2) is 0 Å². The summed E-state index contributed by atoms with van der Waals surface area (Å²) in [6.45, 7) is 2.19. The zero-order valence-corrected chi connectivity index (χ0v) is 14.2. The zero-order chi connectivity index (χ0) is 14.8. The van der Waals surface area contributed by atoms with Gasteiger partial charge in [0.15, 0.2) is 0 Å². The van der Waals surface area contributed by atoms with Crippen LogP contribution in [0.1, 0.15) is 47.2 Å². The van der Waals surface area contributed by atoms with Gasteiger partial charge in [0.05, 0.1) is 0 Å². The van der Waals surface area contributed by atoms with Gasteiger partial charge in [0.2, 0.25) is 0 Å². The van der Waals surface area contributed by atoms with Crippen molar-refractivity contribution in [1.82, 2.24) is 10.3 Å².